The van der Waals surface area contributed by atoms with Gasteiger partial charge in [-0.25, -0.2) is 0 Å². The highest BCUT2D eigenvalue weighted by Crippen LogP contribution is 2.47. The minimum atomic E-state index is -0.255. The summed E-state index contributed by atoms with van der Waals surface area (Å²) >= 11 is 0. The van der Waals surface area contributed by atoms with Gasteiger partial charge in [-0.1, -0.05) is 19.3 Å². The Labute approximate surface area is 135 Å². The molecule has 23 heavy (non-hydrogen) atoms. The maximum Gasteiger partial charge on any atom is 0.119 e. The summed E-state index contributed by atoms with van der Waals surface area (Å²) in [6.07, 6.45) is 5.41. The highest BCUT2D eigenvalue weighted by atomic mass is 16.3. The van der Waals surface area contributed by atoms with E-state index in [0.717, 1.165) is 25.7 Å². The first kappa shape index (κ1) is 15.5. The van der Waals surface area contributed by atoms with E-state index >= 15 is 0 Å². The molecule has 0 atom stereocenters. The van der Waals surface area contributed by atoms with E-state index in [1.54, 1.807) is 12.1 Å². The van der Waals surface area contributed by atoms with Crippen molar-refractivity contribution in [2.24, 2.45) is 5.92 Å². The van der Waals surface area contributed by atoms with Crippen molar-refractivity contribution in [1.29, 1.82) is 0 Å². The molecule has 3 rings (SSSR count). The third kappa shape index (κ3) is 3.21. The molecule has 0 saturated heterocycles. The van der Waals surface area contributed by atoms with Crippen LogP contribution in [0.25, 0.3) is 0 Å². The Morgan fingerprint density at radius 3 is 1.65 bits per heavy atom. The van der Waals surface area contributed by atoms with Crippen molar-refractivity contribution in [3.8, 4) is 23.0 Å². The molecule has 0 amide bonds. The molecule has 1 fully saturated rings. The zero-order valence-electron chi connectivity index (χ0n) is 12.9. The van der Waals surface area contributed by atoms with Crippen molar-refractivity contribution in [3.05, 3.63) is 47.5 Å². The predicted molar refractivity (Wildman–Crippen MR) is 88.0 cm³/mol. The van der Waals surface area contributed by atoms with Crippen LogP contribution in [0.1, 0.15) is 49.1 Å². The van der Waals surface area contributed by atoms with Gasteiger partial charge in [-0.15, -0.1) is 0 Å². The number of phenolic OH excluding ortho intramolecular Hbond substituents is 4. The molecule has 2 aromatic carbocycles. The van der Waals surface area contributed by atoms with Crippen LogP contribution >= 0.6 is 0 Å². The molecule has 0 heterocycles. The third-order valence-corrected chi connectivity index (χ3v) is 4.81. The molecule has 1 saturated carbocycles. The van der Waals surface area contributed by atoms with E-state index in [4.69, 9.17) is 0 Å². The molecule has 1 aliphatic carbocycles. The van der Waals surface area contributed by atoms with Crippen LogP contribution in [0.5, 0.6) is 23.0 Å². The first-order valence-corrected chi connectivity index (χ1v) is 8.10. The molecule has 4 N–H and O–H groups in total. The molecule has 0 unspecified atom stereocenters. The normalized spacial score (nSPS) is 15.9. The van der Waals surface area contributed by atoms with E-state index in [9.17, 15) is 20.4 Å². The number of phenols is 4. The summed E-state index contributed by atoms with van der Waals surface area (Å²) in [6.45, 7) is 0. The average Bonchev–Trinajstić information content (AvgIpc) is 2.55. The maximum atomic E-state index is 10.3. The Hall–Kier alpha value is -2.36. The zero-order valence-corrected chi connectivity index (χ0v) is 12.9. The van der Waals surface area contributed by atoms with Crippen LogP contribution in [0.3, 0.4) is 0 Å². The van der Waals surface area contributed by atoms with Gasteiger partial charge in [0.2, 0.25) is 0 Å². The Morgan fingerprint density at radius 1 is 0.696 bits per heavy atom. The summed E-state index contributed by atoms with van der Waals surface area (Å²) in [7, 11) is 0. The molecule has 4 nitrogen and oxygen atoms in total. The molecule has 0 aliphatic heterocycles. The fourth-order valence-electron chi connectivity index (χ4n) is 3.72. The standard InChI is InChI=1S/C19H22O4/c20-13-6-8-17(22)15(10-13)19(12-4-2-1-3-5-12)16-11-14(21)7-9-18(16)23/h6-12,19-23H,1-5H2. The number of aromatic hydroxyl groups is 4. The van der Waals surface area contributed by atoms with Gasteiger partial charge in [-0.05, 0) is 55.2 Å². The molecule has 0 radical (unpaired) electrons. The van der Waals surface area contributed by atoms with Crippen LogP contribution in [0.4, 0.5) is 0 Å². The molecule has 0 bridgehead atoms. The third-order valence-electron chi connectivity index (χ3n) is 4.81. The molecule has 2 aromatic rings. The predicted octanol–water partition coefficient (Wildman–Crippen LogP) is 4.22. The molecule has 0 aromatic heterocycles. The molecular formula is C19H22O4. The van der Waals surface area contributed by atoms with E-state index in [0.29, 0.717) is 11.1 Å². The fourth-order valence-corrected chi connectivity index (χ4v) is 3.72. The number of hydrogen-bond acceptors (Lipinski definition) is 4. The molecule has 1 aliphatic rings. The highest BCUT2D eigenvalue weighted by Gasteiger charge is 2.30. The van der Waals surface area contributed by atoms with Gasteiger partial charge in [0.1, 0.15) is 23.0 Å². The van der Waals surface area contributed by atoms with Crippen LogP contribution in [-0.4, -0.2) is 20.4 Å². The van der Waals surface area contributed by atoms with Crippen molar-refractivity contribution >= 4 is 0 Å². The lowest BCUT2D eigenvalue weighted by Crippen LogP contribution is -2.18. The summed E-state index contributed by atoms with van der Waals surface area (Å²) in [5.74, 6) is 0.359. The van der Waals surface area contributed by atoms with Crippen molar-refractivity contribution in [2.45, 2.75) is 38.0 Å². The van der Waals surface area contributed by atoms with Gasteiger partial charge in [0, 0.05) is 17.0 Å². The second-order valence-corrected chi connectivity index (χ2v) is 6.36. The average molecular weight is 314 g/mol. The van der Waals surface area contributed by atoms with Crippen molar-refractivity contribution in [3.63, 3.8) is 0 Å². The Bertz CT molecular complexity index is 638. The quantitative estimate of drug-likeness (QED) is 0.639. The Kier molecular flexibility index (Phi) is 4.33. The van der Waals surface area contributed by atoms with Gasteiger partial charge in [0.25, 0.3) is 0 Å². The van der Waals surface area contributed by atoms with Crippen LogP contribution in [0.15, 0.2) is 36.4 Å². The summed E-state index contributed by atoms with van der Waals surface area (Å²) in [5, 5.41) is 40.3. The van der Waals surface area contributed by atoms with Gasteiger partial charge >= 0.3 is 0 Å². The monoisotopic (exact) mass is 314 g/mol. The largest absolute Gasteiger partial charge is 0.508 e. The second-order valence-electron chi connectivity index (χ2n) is 6.36. The Balaban J connectivity index is 2.13. The highest BCUT2D eigenvalue weighted by molar-refractivity contribution is 5.51. The van der Waals surface area contributed by atoms with E-state index < -0.39 is 0 Å². The number of hydrogen-bond donors (Lipinski definition) is 4. The molecule has 0 spiro atoms. The first-order chi connectivity index (χ1) is 11.1. The van der Waals surface area contributed by atoms with Gasteiger partial charge in [0.15, 0.2) is 0 Å². The smallest absolute Gasteiger partial charge is 0.119 e. The SMILES string of the molecule is Oc1ccc(O)c(C(c2cc(O)ccc2O)C2CCCCC2)c1. The molecular weight excluding hydrogens is 292 g/mol. The minimum absolute atomic E-state index is 0.0817. The molecule has 4 heteroatoms. The van der Waals surface area contributed by atoms with E-state index in [1.807, 2.05) is 0 Å². The summed E-state index contributed by atoms with van der Waals surface area (Å²) in [6, 6.07) is 8.94. The maximum absolute atomic E-state index is 10.3. The molecule has 122 valence electrons. The first-order valence-electron chi connectivity index (χ1n) is 8.10. The van der Waals surface area contributed by atoms with Crippen LogP contribution < -0.4 is 0 Å². The van der Waals surface area contributed by atoms with E-state index in [2.05, 4.69) is 0 Å². The lowest BCUT2D eigenvalue weighted by atomic mass is 9.73. The van der Waals surface area contributed by atoms with Crippen LogP contribution in [-0.2, 0) is 0 Å². The van der Waals surface area contributed by atoms with Crippen LogP contribution in [0.2, 0.25) is 0 Å². The number of rotatable bonds is 3. The fraction of sp³-hybridized carbons (Fsp3) is 0.368. The summed E-state index contributed by atoms with van der Waals surface area (Å²) < 4.78 is 0. The van der Waals surface area contributed by atoms with Gasteiger partial charge in [0.05, 0.1) is 0 Å². The van der Waals surface area contributed by atoms with E-state index in [1.165, 1.54) is 30.7 Å². The van der Waals surface area contributed by atoms with Gasteiger partial charge < -0.3 is 20.4 Å². The summed E-state index contributed by atoms with van der Waals surface area (Å²) in [4.78, 5) is 0. The minimum Gasteiger partial charge on any atom is -0.508 e. The number of benzene rings is 2. The van der Waals surface area contributed by atoms with Gasteiger partial charge in [-0.3, -0.25) is 0 Å². The van der Waals surface area contributed by atoms with Crippen LogP contribution in [0, 0.1) is 5.92 Å². The lowest BCUT2D eigenvalue weighted by molar-refractivity contribution is 0.316. The van der Waals surface area contributed by atoms with Crippen molar-refractivity contribution < 1.29 is 20.4 Å². The second kappa shape index (κ2) is 6.41. The van der Waals surface area contributed by atoms with E-state index in [-0.39, 0.29) is 34.8 Å². The zero-order chi connectivity index (χ0) is 16.4. The topological polar surface area (TPSA) is 80.9 Å². The van der Waals surface area contributed by atoms with Gasteiger partial charge in [-0.2, -0.15) is 0 Å². The van der Waals surface area contributed by atoms with Crippen molar-refractivity contribution in [2.75, 3.05) is 0 Å². The Morgan fingerprint density at radius 2 is 1.17 bits per heavy atom. The van der Waals surface area contributed by atoms with Crippen molar-refractivity contribution in [1.82, 2.24) is 0 Å². The summed E-state index contributed by atoms with van der Waals surface area (Å²) in [5.41, 5.74) is 1.19. The lowest BCUT2D eigenvalue weighted by Gasteiger charge is -2.32.